The zero-order chi connectivity index (χ0) is 12.1. The summed E-state index contributed by atoms with van der Waals surface area (Å²) >= 11 is 1.82. The minimum Gasteiger partial charge on any atom is -0.327 e. The Morgan fingerprint density at radius 2 is 2.06 bits per heavy atom. The van der Waals surface area contributed by atoms with Gasteiger partial charge < -0.3 is 5.73 Å². The lowest BCUT2D eigenvalue weighted by Gasteiger charge is -2.03. The molecule has 1 heterocycles. The van der Waals surface area contributed by atoms with Gasteiger partial charge in [0.25, 0.3) is 0 Å². The first-order valence-electron chi connectivity index (χ1n) is 5.69. The van der Waals surface area contributed by atoms with Crippen molar-refractivity contribution in [3.63, 3.8) is 0 Å². The van der Waals surface area contributed by atoms with Crippen molar-refractivity contribution in [3.05, 3.63) is 48.3 Å². The molecule has 0 aliphatic rings. The van der Waals surface area contributed by atoms with Gasteiger partial charge in [0.05, 0.1) is 11.4 Å². The number of benzene rings is 1. The van der Waals surface area contributed by atoms with Crippen LogP contribution in [0.4, 0.5) is 0 Å². The smallest absolute Gasteiger partial charge is 0.0727 e. The summed E-state index contributed by atoms with van der Waals surface area (Å²) in [4.78, 5) is 0. The van der Waals surface area contributed by atoms with Crippen LogP contribution in [0, 0.1) is 0 Å². The third-order valence-corrected chi connectivity index (χ3v) is 3.56. The predicted molar refractivity (Wildman–Crippen MR) is 73.4 cm³/mol. The topological polar surface area (TPSA) is 43.8 Å². The summed E-state index contributed by atoms with van der Waals surface area (Å²) in [5, 5.41) is 4.53. The zero-order valence-electron chi connectivity index (χ0n) is 9.91. The van der Waals surface area contributed by atoms with E-state index in [2.05, 4.69) is 11.2 Å². The second-order valence-corrected chi connectivity index (χ2v) is 5.11. The summed E-state index contributed by atoms with van der Waals surface area (Å²) in [6.45, 7) is 2.02. The van der Waals surface area contributed by atoms with E-state index in [-0.39, 0.29) is 6.04 Å². The number of para-hydroxylation sites is 1. The van der Waals surface area contributed by atoms with Crippen LogP contribution in [0.5, 0.6) is 0 Å². The first-order valence-corrected chi connectivity index (χ1v) is 6.84. The van der Waals surface area contributed by atoms with Crippen molar-refractivity contribution in [2.24, 2.45) is 5.73 Å². The molecule has 3 nitrogen and oxygen atoms in total. The van der Waals surface area contributed by atoms with E-state index >= 15 is 0 Å². The van der Waals surface area contributed by atoms with Crippen LogP contribution >= 0.6 is 11.8 Å². The lowest BCUT2D eigenvalue weighted by atomic mass is 10.3. The summed E-state index contributed by atoms with van der Waals surface area (Å²) in [7, 11) is 0. The number of aromatic nitrogens is 2. The molecule has 0 fully saturated rings. The van der Waals surface area contributed by atoms with E-state index in [9.17, 15) is 0 Å². The Bertz CT molecular complexity index is 451. The maximum atomic E-state index is 5.71. The van der Waals surface area contributed by atoms with Gasteiger partial charge in [0.2, 0.25) is 0 Å². The third kappa shape index (κ3) is 3.61. The van der Waals surface area contributed by atoms with Crippen LogP contribution in [-0.2, 0) is 5.75 Å². The van der Waals surface area contributed by atoms with Crippen LogP contribution < -0.4 is 5.73 Å². The molecular weight excluding hydrogens is 230 g/mol. The summed E-state index contributed by atoms with van der Waals surface area (Å²) in [6.07, 6.45) is 2.00. The molecular formula is C13H17N3S. The van der Waals surface area contributed by atoms with E-state index < -0.39 is 0 Å². The lowest BCUT2D eigenvalue weighted by molar-refractivity contribution is 0.843. The lowest BCUT2D eigenvalue weighted by Crippen LogP contribution is -2.17. The largest absolute Gasteiger partial charge is 0.327 e. The average Bonchev–Trinajstić information content (AvgIpc) is 2.78. The second kappa shape index (κ2) is 5.89. The fourth-order valence-electron chi connectivity index (χ4n) is 1.51. The molecule has 2 rings (SSSR count). The Morgan fingerprint density at radius 1 is 1.29 bits per heavy atom. The van der Waals surface area contributed by atoms with E-state index in [1.807, 2.05) is 59.9 Å². The summed E-state index contributed by atoms with van der Waals surface area (Å²) in [6, 6.07) is 12.4. The Labute approximate surface area is 106 Å². The predicted octanol–water partition coefficient (Wildman–Crippen LogP) is 2.45. The van der Waals surface area contributed by atoms with Crippen LogP contribution in [0.2, 0.25) is 0 Å². The zero-order valence-corrected chi connectivity index (χ0v) is 10.7. The van der Waals surface area contributed by atoms with E-state index in [4.69, 9.17) is 5.73 Å². The molecule has 2 aromatic rings. The summed E-state index contributed by atoms with van der Waals surface area (Å²) < 4.78 is 1.90. The van der Waals surface area contributed by atoms with E-state index in [1.165, 1.54) is 0 Å². The molecule has 0 spiro atoms. The molecule has 0 saturated carbocycles. The van der Waals surface area contributed by atoms with Crippen molar-refractivity contribution in [2.45, 2.75) is 18.7 Å². The van der Waals surface area contributed by atoms with Crippen molar-refractivity contribution < 1.29 is 0 Å². The number of rotatable bonds is 5. The van der Waals surface area contributed by atoms with Gasteiger partial charge in [-0.25, -0.2) is 4.68 Å². The minimum atomic E-state index is 0.246. The molecule has 0 radical (unpaired) electrons. The highest BCUT2D eigenvalue weighted by Crippen LogP contribution is 2.13. The van der Waals surface area contributed by atoms with Crippen molar-refractivity contribution in [3.8, 4) is 5.69 Å². The van der Waals surface area contributed by atoms with Crippen molar-refractivity contribution in [2.75, 3.05) is 5.75 Å². The minimum absolute atomic E-state index is 0.246. The monoisotopic (exact) mass is 247 g/mol. The van der Waals surface area contributed by atoms with E-state index in [1.54, 1.807) is 0 Å². The fourth-order valence-corrected chi connectivity index (χ4v) is 2.37. The molecule has 4 heteroatoms. The first kappa shape index (κ1) is 12.2. The van der Waals surface area contributed by atoms with Crippen LogP contribution in [0.25, 0.3) is 5.69 Å². The molecule has 0 aliphatic carbocycles. The van der Waals surface area contributed by atoms with Crippen LogP contribution in [0.1, 0.15) is 12.6 Å². The van der Waals surface area contributed by atoms with Gasteiger partial charge in [0.15, 0.2) is 0 Å². The molecule has 1 aromatic heterocycles. The van der Waals surface area contributed by atoms with E-state index in [0.717, 1.165) is 22.9 Å². The molecule has 2 N–H and O–H groups in total. The highest BCUT2D eigenvalue weighted by molar-refractivity contribution is 7.98. The standard InChI is InChI=1S/C13H17N3S/c1-11(14)9-17-10-12-7-8-16(15-12)13-5-3-2-4-6-13/h2-8,11H,9-10,14H2,1H3. The maximum Gasteiger partial charge on any atom is 0.0727 e. The maximum absolute atomic E-state index is 5.71. The van der Waals surface area contributed by atoms with Crippen molar-refractivity contribution in [1.29, 1.82) is 0 Å². The van der Waals surface area contributed by atoms with Crippen molar-refractivity contribution >= 4 is 11.8 Å². The molecule has 17 heavy (non-hydrogen) atoms. The van der Waals surface area contributed by atoms with Gasteiger partial charge >= 0.3 is 0 Å². The number of nitrogens with two attached hydrogens (primary N) is 1. The van der Waals surface area contributed by atoms with Gasteiger partial charge in [-0.2, -0.15) is 16.9 Å². The summed E-state index contributed by atoms with van der Waals surface area (Å²) in [5.41, 5.74) is 7.90. The van der Waals surface area contributed by atoms with Crippen molar-refractivity contribution in [1.82, 2.24) is 9.78 Å². The molecule has 1 aromatic carbocycles. The van der Waals surface area contributed by atoms with Crippen LogP contribution in [0.15, 0.2) is 42.6 Å². The summed E-state index contributed by atoms with van der Waals surface area (Å²) in [5.74, 6) is 1.89. The van der Waals surface area contributed by atoms with Gasteiger partial charge in [0, 0.05) is 23.7 Å². The number of hydrogen-bond acceptors (Lipinski definition) is 3. The average molecular weight is 247 g/mol. The molecule has 0 bridgehead atoms. The number of nitrogens with zero attached hydrogens (tertiary/aromatic N) is 2. The second-order valence-electron chi connectivity index (χ2n) is 4.08. The highest BCUT2D eigenvalue weighted by atomic mass is 32.2. The molecule has 0 saturated heterocycles. The first-order chi connectivity index (χ1) is 8.25. The Hall–Kier alpha value is -1.26. The number of thioether (sulfide) groups is 1. The Kier molecular flexibility index (Phi) is 4.23. The molecule has 0 aliphatic heterocycles. The van der Waals surface area contributed by atoms with Gasteiger partial charge in [-0.1, -0.05) is 18.2 Å². The van der Waals surface area contributed by atoms with Crippen LogP contribution in [0.3, 0.4) is 0 Å². The molecule has 0 amide bonds. The SMILES string of the molecule is CC(N)CSCc1ccn(-c2ccccc2)n1. The van der Waals surface area contributed by atoms with E-state index in [0.29, 0.717) is 0 Å². The number of hydrogen-bond donors (Lipinski definition) is 1. The molecule has 1 unspecified atom stereocenters. The van der Waals surface area contributed by atoms with Gasteiger partial charge in [-0.3, -0.25) is 0 Å². The molecule has 90 valence electrons. The van der Waals surface area contributed by atoms with Gasteiger partial charge in [0.1, 0.15) is 0 Å². The Morgan fingerprint density at radius 3 is 2.76 bits per heavy atom. The Balaban J connectivity index is 1.97. The quantitative estimate of drug-likeness (QED) is 0.882. The third-order valence-electron chi connectivity index (χ3n) is 2.30. The normalized spacial score (nSPS) is 12.6. The van der Waals surface area contributed by atoms with Crippen LogP contribution in [-0.4, -0.2) is 21.6 Å². The fraction of sp³-hybridized carbons (Fsp3) is 0.308. The molecule has 1 atom stereocenters. The highest BCUT2D eigenvalue weighted by Gasteiger charge is 2.02. The van der Waals surface area contributed by atoms with Gasteiger partial charge in [-0.05, 0) is 25.1 Å². The van der Waals surface area contributed by atoms with Gasteiger partial charge in [-0.15, -0.1) is 0 Å².